The van der Waals surface area contributed by atoms with Gasteiger partial charge in [0.1, 0.15) is 0 Å². The van der Waals surface area contributed by atoms with E-state index in [0.717, 1.165) is 26.2 Å². The average Bonchev–Trinajstić information content (AvgIpc) is 2.59. The van der Waals surface area contributed by atoms with Crippen molar-refractivity contribution in [1.29, 1.82) is 0 Å². The number of rotatable bonds is 4. The van der Waals surface area contributed by atoms with Gasteiger partial charge in [0.15, 0.2) is 0 Å². The first-order chi connectivity index (χ1) is 12.5. The third kappa shape index (κ3) is 9.01. The molecule has 0 saturated carbocycles. The van der Waals surface area contributed by atoms with Crippen molar-refractivity contribution < 1.29 is 0 Å². The van der Waals surface area contributed by atoms with Crippen molar-refractivity contribution in [1.82, 2.24) is 19.1 Å². The van der Waals surface area contributed by atoms with Crippen LogP contribution in [0.4, 0.5) is 0 Å². The average molecular weight is 383 g/mol. The van der Waals surface area contributed by atoms with Gasteiger partial charge < -0.3 is 14.7 Å². The molecule has 4 nitrogen and oxygen atoms in total. The molecule has 0 aliphatic carbocycles. The van der Waals surface area contributed by atoms with E-state index in [1.54, 1.807) is 0 Å². The van der Waals surface area contributed by atoms with Crippen LogP contribution in [0.5, 0.6) is 0 Å². The summed E-state index contributed by atoms with van der Waals surface area (Å²) in [5.74, 6) is 0.599. The molecule has 3 unspecified atom stereocenters. The molecule has 0 aromatic rings. The Hall–Kier alpha value is -0.390. The van der Waals surface area contributed by atoms with E-state index < -0.39 is 0 Å². The van der Waals surface area contributed by atoms with Gasteiger partial charge >= 0.3 is 0 Å². The van der Waals surface area contributed by atoms with Crippen molar-refractivity contribution in [2.75, 3.05) is 72.0 Å². The third-order valence-electron chi connectivity index (χ3n) is 5.36. The Bertz CT molecular complexity index is 447. The molecule has 5 heteroatoms. The smallest absolute Gasteiger partial charge is 0.0266 e. The van der Waals surface area contributed by atoms with Gasteiger partial charge in [-0.05, 0) is 64.0 Å². The van der Waals surface area contributed by atoms with Gasteiger partial charge in [-0.25, -0.2) is 4.42 Å². The fraction of sp³-hybridized carbons (Fsp3) is 0.810. The number of halogens is 1. The highest BCUT2D eigenvalue weighted by Crippen LogP contribution is 2.09. The number of hydrogen-bond donors (Lipinski definition) is 0. The van der Waals surface area contributed by atoms with Crippen molar-refractivity contribution in [3.05, 3.63) is 23.8 Å². The highest BCUT2D eigenvalue weighted by atomic mass is 35.5. The van der Waals surface area contributed by atoms with Crippen molar-refractivity contribution in [3.63, 3.8) is 0 Å². The molecule has 0 spiro atoms. The molecule has 2 aliphatic heterocycles. The van der Waals surface area contributed by atoms with Crippen LogP contribution in [-0.4, -0.2) is 91.1 Å². The molecule has 0 aromatic carbocycles. The molecule has 2 bridgehead atoms. The second kappa shape index (κ2) is 12.1. The number of nitrogens with zero attached hydrogens (tertiary/aromatic N) is 4. The normalized spacial score (nSPS) is 28.8. The minimum Gasteiger partial charge on any atom is -0.301 e. The summed E-state index contributed by atoms with van der Waals surface area (Å²) in [5, 5.41) is 0. The number of allylic oxidation sites excluding steroid dienone is 3. The Labute approximate surface area is 166 Å². The summed E-state index contributed by atoms with van der Waals surface area (Å²) in [6.45, 7) is 19.2. The van der Waals surface area contributed by atoms with Crippen LogP contribution in [0.3, 0.4) is 0 Å². The predicted molar refractivity (Wildman–Crippen MR) is 114 cm³/mol. The SMILES string of the molecule is CC(C)=C/C=C\C(C)CN1CCCN2CCN(Cl)CCCN(CC2)CC1. The van der Waals surface area contributed by atoms with Crippen LogP contribution in [0.15, 0.2) is 23.8 Å². The standard InChI is InChI=1S/C21H39ClN4/c1-20(2)7-4-8-21(3)19-25-11-5-9-24-14-13-23(15-16-25)10-6-12-26(22)18-17-24/h4,7-8,21H,5-6,9-19H2,1-3H3/b8-4-. The van der Waals surface area contributed by atoms with Crippen LogP contribution in [0.25, 0.3) is 0 Å². The second-order valence-corrected chi connectivity index (χ2v) is 8.69. The fourth-order valence-electron chi connectivity index (χ4n) is 3.78. The Morgan fingerprint density at radius 1 is 0.846 bits per heavy atom. The largest absolute Gasteiger partial charge is 0.301 e. The number of hydrogen-bond acceptors (Lipinski definition) is 4. The van der Waals surface area contributed by atoms with E-state index in [-0.39, 0.29) is 0 Å². The van der Waals surface area contributed by atoms with E-state index in [1.165, 1.54) is 64.2 Å². The van der Waals surface area contributed by atoms with Crippen molar-refractivity contribution in [3.8, 4) is 0 Å². The quantitative estimate of drug-likeness (QED) is 0.546. The van der Waals surface area contributed by atoms with Crippen molar-refractivity contribution in [2.24, 2.45) is 5.92 Å². The Morgan fingerprint density at radius 3 is 2.15 bits per heavy atom. The summed E-state index contributed by atoms with van der Waals surface area (Å²) in [6, 6.07) is 0. The van der Waals surface area contributed by atoms with Crippen LogP contribution >= 0.6 is 11.8 Å². The maximum absolute atomic E-state index is 6.33. The van der Waals surface area contributed by atoms with Crippen molar-refractivity contribution >= 4 is 11.8 Å². The summed E-state index contributed by atoms with van der Waals surface area (Å²) < 4.78 is 1.98. The van der Waals surface area contributed by atoms with Gasteiger partial charge in [-0.15, -0.1) is 0 Å². The van der Waals surface area contributed by atoms with Crippen LogP contribution in [0, 0.1) is 5.92 Å². The lowest BCUT2D eigenvalue weighted by atomic mass is 10.1. The van der Waals surface area contributed by atoms with Gasteiger partial charge in [0.2, 0.25) is 0 Å². The Balaban J connectivity index is 1.91. The zero-order chi connectivity index (χ0) is 18.8. The first kappa shape index (κ1) is 21.9. The Kier molecular flexibility index (Phi) is 10.2. The number of fused-ring (bicyclic) bond motifs is 3. The van der Waals surface area contributed by atoms with E-state index in [2.05, 4.69) is 53.7 Å². The Morgan fingerprint density at radius 2 is 1.46 bits per heavy atom. The topological polar surface area (TPSA) is 13.0 Å². The van der Waals surface area contributed by atoms with E-state index in [0.29, 0.717) is 5.92 Å². The molecule has 2 rings (SSSR count). The monoisotopic (exact) mass is 382 g/mol. The molecule has 2 saturated heterocycles. The molecule has 0 radical (unpaired) electrons. The van der Waals surface area contributed by atoms with Gasteiger partial charge in [-0.3, -0.25) is 0 Å². The van der Waals surface area contributed by atoms with Crippen LogP contribution in [-0.2, 0) is 0 Å². The van der Waals surface area contributed by atoms with Crippen LogP contribution < -0.4 is 0 Å². The molecule has 3 atom stereocenters. The molecule has 2 fully saturated rings. The van der Waals surface area contributed by atoms with Gasteiger partial charge in [0, 0.05) is 52.4 Å². The molecule has 26 heavy (non-hydrogen) atoms. The van der Waals surface area contributed by atoms with Gasteiger partial charge in [-0.2, -0.15) is 0 Å². The first-order valence-corrected chi connectivity index (χ1v) is 10.8. The van der Waals surface area contributed by atoms with Gasteiger partial charge in [-0.1, -0.05) is 30.7 Å². The van der Waals surface area contributed by atoms with E-state index in [1.807, 2.05) is 4.42 Å². The lowest BCUT2D eigenvalue weighted by Gasteiger charge is -2.35. The molecule has 0 N–H and O–H groups in total. The van der Waals surface area contributed by atoms with Gasteiger partial charge in [0.05, 0.1) is 0 Å². The first-order valence-electron chi connectivity index (χ1n) is 10.4. The minimum absolute atomic E-state index is 0.599. The predicted octanol–water partition coefficient (Wildman–Crippen LogP) is 3.31. The lowest BCUT2D eigenvalue weighted by molar-refractivity contribution is 0.132. The molecule has 150 valence electrons. The lowest BCUT2D eigenvalue weighted by Crippen LogP contribution is -2.46. The van der Waals surface area contributed by atoms with Crippen LogP contribution in [0.2, 0.25) is 0 Å². The summed E-state index contributed by atoms with van der Waals surface area (Å²) in [5.41, 5.74) is 1.36. The molecule has 0 amide bonds. The van der Waals surface area contributed by atoms with E-state index in [4.69, 9.17) is 11.8 Å². The van der Waals surface area contributed by atoms with Gasteiger partial charge in [0.25, 0.3) is 0 Å². The summed E-state index contributed by atoms with van der Waals surface area (Å²) in [6.07, 6.45) is 9.21. The molecule has 2 heterocycles. The molecule has 0 aromatic heterocycles. The highest BCUT2D eigenvalue weighted by Gasteiger charge is 2.18. The molecule has 2 aliphatic rings. The zero-order valence-corrected chi connectivity index (χ0v) is 17.9. The fourth-order valence-corrected chi connectivity index (χ4v) is 3.98. The molecular formula is C21H39ClN4. The highest BCUT2D eigenvalue weighted by molar-refractivity contribution is 6.13. The van der Waals surface area contributed by atoms with E-state index in [9.17, 15) is 0 Å². The maximum Gasteiger partial charge on any atom is 0.0266 e. The summed E-state index contributed by atoms with van der Waals surface area (Å²) in [7, 11) is 0. The second-order valence-electron chi connectivity index (χ2n) is 8.21. The molecular weight excluding hydrogens is 344 g/mol. The third-order valence-corrected chi connectivity index (χ3v) is 5.70. The van der Waals surface area contributed by atoms with E-state index >= 15 is 0 Å². The summed E-state index contributed by atoms with van der Waals surface area (Å²) in [4.78, 5) is 7.92. The van der Waals surface area contributed by atoms with Crippen LogP contribution in [0.1, 0.15) is 33.6 Å². The maximum atomic E-state index is 6.33. The zero-order valence-electron chi connectivity index (χ0n) is 17.2. The minimum atomic E-state index is 0.599. The summed E-state index contributed by atoms with van der Waals surface area (Å²) >= 11 is 6.33. The van der Waals surface area contributed by atoms with Crippen molar-refractivity contribution in [2.45, 2.75) is 33.6 Å².